The number of aliphatic hydroxyl groups excluding tert-OH is 1. The number of fused-ring (bicyclic) bond motifs is 1. The lowest BCUT2D eigenvalue weighted by molar-refractivity contribution is -0.123. The zero-order valence-corrected chi connectivity index (χ0v) is 24.6. The SMILES string of the molecule is COC(=O)NC(Cc1cccc2ccccc12)C(=O)NCCCC(CO)N(CC(C)C)S(=O)(=O)c1ccc(N)cc1. The van der Waals surface area contributed by atoms with Crippen LogP contribution in [0.3, 0.4) is 0 Å². The molecule has 0 heterocycles. The Hall–Kier alpha value is -3.67. The molecule has 0 fully saturated rings. The molecule has 0 aliphatic rings. The molecule has 2 amide bonds. The summed E-state index contributed by atoms with van der Waals surface area (Å²) in [7, 11) is -2.66. The number of carbonyl (C=O) groups is 2. The summed E-state index contributed by atoms with van der Waals surface area (Å²) in [5, 5.41) is 17.6. The minimum Gasteiger partial charge on any atom is -0.453 e. The van der Waals surface area contributed by atoms with E-state index in [2.05, 4.69) is 10.6 Å². The molecule has 0 saturated heterocycles. The number of amides is 2. The number of methoxy groups -OCH3 is 1. The number of hydrogen-bond acceptors (Lipinski definition) is 7. The maximum Gasteiger partial charge on any atom is 0.407 e. The Morgan fingerprint density at radius 1 is 1.02 bits per heavy atom. The van der Waals surface area contributed by atoms with Crippen molar-refractivity contribution in [1.82, 2.24) is 14.9 Å². The number of hydrogen-bond donors (Lipinski definition) is 4. The average Bonchev–Trinajstić information content (AvgIpc) is 2.96. The van der Waals surface area contributed by atoms with Gasteiger partial charge in [0.05, 0.1) is 18.6 Å². The molecule has 0 bridgehead atoms. The quantitative estimate of drug-likeness (QED) is 0.168. The smallest absolute Gasteiger partial charge is 0.407 e. The molecule has 0 spiro atoms. The minimum absolute atomic E-state index is 0.0199. The molecular formula is C30H40N4O6S. The summed E-state index contributed by atoms with van der Waals surface area (Å²) in [5.74, 6) is -0.371. The lowest BCUT2D eigenvalue weighted by atomic mass is 9.98. The van der Waals surface area contributed by atoms with Crippen molar-refractivity contribution in [2.24, 2.45) is 5.92 Å². The van der Waals surface area contributed by atoms with E-state index in [0.717, 1.165) is 16.3 Å². The van der Waals surface area contributed by atoms with Gasteiger partial charge < -0.3 is 26.2 Å². The highest BCUT2D eigenvalue weighted by atomic mass is 32.2. The third-order valence-electron chi connectivity index (χ3n) is 6.76. The fraction of sp³-hybridized carbons (Fsp3) is 0.400. The Kier molecular flexibility index (Phi) is 11.5. The van der Waals surface area contributed by atoms with Gasteiger partial charge in [0.2, 0.25) is 15.9 Å². The van der Waals surface area contributed by atoms with E-state index in [0.29, 0.717) is 18.5 Å². The molecule has 2 atom stereocenters. The van der Waals surface area contributed by atoms with Crippen LogP contribution in [-0.2, 0) is 26.0 Å². The number of nitrogens with zero attached hydrogens (tertiary/aromatic N) is 1. The number of nitrogens with two attached hydrogens (primary N) is 1. The number of rotatable bonds is 14. The Morgan fingerprint density at radius 3 is 2.37 bits per heavy atom. The normalized spacial score (nSPS) is 13.2. The van der Waals surface area contributed by atoms with Crippen molar-refractivity contribution in [1.29, 1.82) is 0 Å². The van der Waals surface area contributed by atoms with Crippen LogP contribution in [0, 0.1) is 5.92 Å². The van der Waals surface area contributed by atoms with Crippen molar-refractivity contribution in [2.45, 2.75) is 50.1 Å². The topological polar surface area (TPSA) is 151 Å². The van der Waals surface area contributed by atoms with Crippen molar-refractivity contribution in [3.05, 3.63) is 72.3 Å². The van der Waals surface area contributed by atoms with Crippen LogP contribution in [-0.4, -0.2) is 68.7 Å². The molecule has 3 aromatic carbocycles. The van der Waals surface area contributed by atoms with Crippen LogP contribution in [0.15, 0.2) is 71.6 Å². The molecule has 3 aromatic rings. The van der Waals surface area contributed by atoms with Crippen molar-refractivity contribution in [2.75, 3.05) is 32.5 Å². The first kappa shape index (κ1) is 31.9. The molecule has 0 aliphatic carbocycles. The van der Waals surface area contributed by atoms with E-state index in [1.165, 1.54) is 35.7 Å². The number of anilines is 1. The van der Waals surface area contributed by atoms with E-state index >= 15 is 0 Å². The molecule has 222 valence electrons. The molecule has 0 aliphatic heterocycles. The zero-order chi connectivity index (χ0) is 30.0. The summed E-state index contributed by atoms with van der Waals surface area (Å²) in [6, 6.07) is 18.0. The summed E-state index contributed by atoms with van der Waals surface area (Å²) < 4.78 is 33.0. The van der Waals surface area contributed by atoms with Gasteiger partial charge >= 0.3 is 6.09 Å². The van der Waals surface area contributed by atoms with E-state index in [1.807, 2.05) is 56.3 Å². The van der Waals surface area contributed by atoms with E-state index in [9.17, 15) is 23.1 Å². The van der Waals surface area contributed by atoms with Gasteiger partial charge in [-0.1, -0.05) is 56.3 Å². The summed E-state index contributed by atoms with van der Waals surface area (Å²) in [6.45, 7) is 3.89. The van der Waals surface area contributed by atoms with Gasteiger partial charge in [-0.3, -0.25) is 4.79 Å². The van der Waals surface area contributed by atoms with Gasteiger partial charge in [-0.2, -0.15) is 4.31 Å². The second-order valence-electron chi connectivity index (χ2n) is 10.3. The number of aliphatic hydroxyl groups is 1. The van der Waals surface area contributed by atoms with Gasteiger partial charge in [-0.15, -0.1) is 0 Å². The molecular weight excluding hydrogens is 544 g/mol. The predicted molar refractivity (Wildman–Crippen MR) is 160 cm³/mol. The van der Waals surface area contributed by atoms with E-state index in [4.69, 9.17) is 10.5 Å². The Bertz CT molecular complexity index is 1410. The van der Waals surface area contributed by atoms with Gasteiger partial charge in [0.25, 0.3) is 0 Å². The van der Waals surface area contributed by atoms with Crippen molar-refractivity contribution >= 4 is 38.5 Å². The largest absolute Gasteiger partial charge is 0.453 e. The molecule has 5 N–H and O–H groups in total. The molecule has 2 unspecified atom stereocenters. The number of nitrogen functional groups attached to an aromatic ring is 1. The number of nitrogens with one attached hydrogen (secondary N) is 2. The Morgan fingerprint density at radius 2 is 1.71 bits per heavy atom. The fourth-order valence-electron chi connectivity index (χ4n) is 4.68. The lowest BCUT2D eigenvalue weighted by Crippen LogP contribution is -2.48. The number of benzene rings is 3. The molecule has 0 aromatic heterocycles. The third kappa shape index (κ3) is 8.66. The van der Waals surface area contributed by atoms with Crippen molar-refractivity contribution in [3.8, 4) is 0 Å². The molecule has 3 rings (SSSR count). The monoisotopic (exact) mass is 584 g/mol. The number of sulfonamides is 1. The number of carbonyl (C=O) groups excluding carboxylic acids is 2. The van der Waals surface area contributed by atoms with Gasteiger partial charge in [0.15, 0.2) is 0 Å². The first-order valence-electron chi connectivity index (χ1n) is 13.6. The maximum absolute atomic E-state index is 13.5. The first-order chi connectivity index (χ1) is 19.6. The average molecular weight is 585 g/mol. The number of alkyl carbamates (subject to hydrolysis) is 1. The minimum atomic E-state index is -3.89. The van der Waals surface area contributed by atoms with Crippen molar-refractivity contribution < 1.29 is 27.9 Å². The van der Waals surface area contributed by atoms with Crippen LogP contribution in [0.1, 0.15) is 32.3 Å². The van der Waals surface area contributed by atoms with Crippen LogP contribution in [0.2, 0.25) is 0 Å². The second kappa shape index (κ2) is 14.8. The summed E-state index contributed by atoms with van der Waals surface area (Å²) in [4.78, 5) is 25.3. The number of ether oxygens (including phenoxy) is 1. The van der Waals surface area contributed by atoms with Crippen LogP contribution < -0.4 is 16.4 Å². The van der Waals surface area contributed by atoms with E-state index < -0.39 is 34.1 Å². The van der Waals surface area contributed by atoms with E-state index in [1.54, 1.807) is 0 Å². The first-order valence-corrected chi connectivity index (χ1v) is 15.1. The van der Waals surface area contributed by atoms with Gasteiger partial charge in [0.1, 0.15) is 6.04 Å². The van der Waals surface area contributed by atoms with Crippen LogP contribution in [0.5, 0.6) is 0 Å². The predicted octanol–water partition coefficient (Wildman–Crippen LogP) is 3.29. The summed E-state index contributed by atoms with van der Waals surface area (Å²) >= 11 is 0. The van der Waals surface area contributed by atoms with Gasteiger partial charge in [-0.05, 0) is 59.4 Å². The Balaban J connectivity index is 1.68. The maximum atomic E-state index is 13.5. The third-order valence-corrected chi connectivity index (χ3v) is 8.69. The molecule has 10 nitrogen and oxygen atoms in total. The van der Waals surface area contributed by atoms with E-state index in [-0.39, 0.29) is 36.9 Å². The summed E-state index contributed by atoms with van der Waals surface area (Å²) in [5.41, 5.74) is 7.08. The van der Waals surface area contributed by atoms with Crippen molar-refractivity contribution in [3.63, 3.8) is 0 Å². The highest BCUT2D eigenvalue weighted by Crippen LogP contribution is 2.23. The highest BCUT2D eigenvalue weighted by Gasteiger charge is 2.31. The van der Waals surface area contributed by atoms with Gasteiger partial charge in [0, 0.05) is 31.2 Å². The molecule has 41 heavy (non-hydrogen) atoms. The van der Waals surface area contributed by atoms with Crippen LogP contribution >= 0.6 is 0 Å². The van der Waals surface area contributed by atoms with Gasteiger partial charge in [-0.25, -0.2) is 13.2 Å². The standard InChI is InChI=1S/C30H40N4O6S/c1-21(2)19-34(41(38,39)26-15-13-24(31)14-16-26)25(20-35)11-7-17-32-29(36)28(33-30(37)40-3)18-23-10-6-9-22-8-4-5-12-27(22)23/h4-6,8-10,12-16,21,25,28,35H,7,11,17-20,31H2,1-3H3,(H,32,36)(H,33,37). The summed E-state index contributed by atoms with van der Waals surface area (Å²) in [6.07, 6.45) is 0.254. The fourth-order valence-corrected chi connectivity index (χ4v) is 6.49. The molecule has 11 heteroatoms. The molecule has 0 radical (unpaired) electrons. The lowest BCUT2D eigenvalue weighted by Gasteiger charge is -2.31. The van der Waals surface area contributed by atoms with Crippen LogP contribution in [0.25, 0.3) is 10.8 Å². The zero-order valence-electron chi connectivity index (χ0n) is 23.7. The highest BCUT2D eigenvalue weighted by molar-refractivity contribution is 7.89. The van der Waals surface area contributed by atoms with Crippen LogP contribution in [0.4, 0.5) is 10.5 Å². The second-order valence-corrected chi connectivity index (χ2v) is 12.2. The molecule has 0 saturated carbocycles. The Labute approximate surface area is 241 Å².